The van der Waals surface area contributed by atoms with Crippen molar-refractivity contribution in [2.75, 3.05) is 23.9 Å². The van der Waals surface area contributed by atoms with Crippen LogP contribution >= 0.6 is 11.6 Å². The summed E-state index contributed by atoms with van der Waals surface area (Å²) in [6.45, 7) is 14.7. The van der Waals surface area contributed by atoms with Gasteiger partial charge in [0.2, 0.25) is 0 Å². The maximum Gasteiger partial charge on any atom is 0.338 e. The molecule has 1 atom stereocenters. The molecule has 0 spiro atoms. The van der Waals surface area contributed by atoms with Gasteiger partial charge < -0.3 is 25.0 Å². The third-order valence-corrected chi connectivity index (χ3v) is 7.88. The molecule has 2 aromatic carbocycles. The number of nitrogens with zero attached hydrogens (tertiary/aromatic N) is 2. The highest BCUT2D eigenvalue weighted by molar-refractivity contribution is 6.33. The van der Waals surface area contributed by atoms with Crippen molar-refractivity contribution in [3.63, 3.8) is 0 Å². The second-order valence-corrected chi connectivity index (χ2v) is 11.7. The SMILES string of the molecule is C=C1N(c2cccc(C(=O)OCC)c2)C(NC(=O)Nc2ccc(Oc3ccnc(C(=O)NC)c3)cc2Cl)=C[C@]1(C)C(C)(C)C. The number of aromatic nitrogens is 1. The van der Waals surface area contributed by atoms with Gasteiger partial charge in [-0.3, -0.25) is 15.1 Å². The van der Waals surface area contributed by atoms with Gasteiger partial charge in [-0.15, -0.1) is 0 Å². The second-order valence-electron chi connectivity index (χ2n) is 11.3. The Hall–Kier alpha value is -4.83. The zero-order valence-electron chi connectivity index (χ0n) is 25.6. The Labute approximate surface area is 262 Å². The molecule has 0 bridgehead atoms. The maximum atomic E-state index is 13.3. The van der Waals surface area contributed by atoms with E-state index in [9.17, 15) is 14.4 Å². The Balaban J connectivity index is 1.55. The van der Waals surface area contributed by atoms with E-state index in [2.05, 4.69) is 55.2 Å². The molecule has 0 fully saturated rings. The van der Waals surface area contributed by atoms with Crippen molar-refractivity contribution in [1.82, 2.24) is 15.6 Å². The van der Waals surface area contributed by atoms with Crippen molar-refractivity contribution in [3.8, 4) is 11.5 Å². The Morgan fingerprint density at radius 1 is 1.05 bits per heavy atom. The van der Waals surface area contributed by atoms with Crippen LogP contribution in [0, 0.1) is 10.8 Å². The van der Waals surface area contributed by atoms with E-state index in [1.165, 1.54) is 19.3 Å². The van der Waals surface area contributed by atoms with Crippen molar-refractivity contribution < 1.29 is 23.9 Å². The first kappa shape index (κ1) is 32.1. The van der Waals surface area contributed by atoms with Gasteiger partial charge >= 0.3 is 12.0 Å². The lowest BCUT2D eigenvalue weighted by atomic mass is 9.67. The van der Waals surface area contributed by atoms with Crippen LogP contribution in [0.1, 0.15) is 55.5 Å². The molecule has 3 N–H and O–H groups in total. The van der Waals surface area contributed by atoms with Gasteiger partial charge in [-0.2, -0.15) is 0 Å². The van der Waals surface area contributed by atoms with E-state index < -0.39 is 17.4 Å². The molecule has 1 aromatic heterocycles. The number of carbonyl (C=O) groups is 3. The number of pyridine rings is 1. The van der Waals surface area contributed by atoms with Crippen LogP contribution in [0.5, 0.6) is 11.5 Å². The Kier molecular flexibility index (Phi) is 9.34. The lowest BCUT2D eigenvalue weighted by Crippen LogP contribution is -2.37. The summed E-state index contributed by atoms with van der Waals surface area (Å²) in [4.78, 5) is 43.5. The normalized spacial score (nSPS) is 16.2. The van der Waals surface area contributed by atoms with Gasteiger partial charge in [0.25, 0.3) is 5.91 Å². The number of nitrogens with one attached hydrogen (secondary N) is 3. The van der Waals surface area contributed by atoms with Crippen LogP contribution in [0.25, 0.3) is 0 Å². The lowest BCUT2D eigenvalue weighted by molar-refractivity contribution is 0.0526. The molecule has 0 unspecified atom stereocenters. The molecule has 44 heavy (non-hydrogen) atoms. The summed E-state index contributed by atoms with van der Waals surface area (Å²) in [6, 6.07) is 14.4. The number of carbonyl (C=O) groups excluding carboxylic acids is 3. The average molecular weight is 618 g/mol. The van der Waals surface area contributed by atoms with Crippen molar-refractivity contribution >= 4 is 40.9 Å². The fraction of sp³-hybridized carbons (Fsp3) is 0.273. The predicted octanol–water partition coefficient (Wildman–Crippen LogP) is 7.11. The molecule has 0 saturated heterocycles. The molecule has 10 nitrogen and oxygen atoms in total. The molecule has 230 valence electrons. The Morgan fingerprint density at radius 3 is 2.43 bits per heavy atom. The number of benzene rings is 2. The molecule has 3 amide bonds. The van der Waals surface area contributed by atoms with Crippen LogP contribution in [0.15, 0.2) is 85.0 Å². The van der Waals surface area contributed by atoms with E-state index in [1.807, 2.05) is 17.0 Å². The number of esters is 1. The average Bonchev–Trinajstić information content (AvgIpc) is 3.24. The van der Waals surface area contributed by atoms with Gasteiger partial charge in [-0.25, -0.2) is 9.59 Å². The van der Waals surface area contributed by atoms with Gasteiger partial charge in [0, 0.05) is 42.2 Å². The Morgan fingerprint density at radius 2 is 1.77 bits per heavy atom. The number of allylic oxidation sites excluding steroid dienone is 1. The van der Waals surface area contributed by atoms with E-state index in [1.54, 1.807) is 49.4 Å². The first-order chi connectivity index (χ1) is 20.8. The van der Waals surface area contributed by atoms with Gasteiger partial charge in [0.05, 0.1) is 22.9 Å². The summed E-state index contributed by atoms with van der Waals surface area (Å²) >= 11 is 6.50. The molecular formula is C33H36ClN5O5. The van der Waals surface area contributed by atoms with Gasteiger partial charge in [0.1, 0.15) is 23.0 Å². The van der Waals surface area contributed by atoms with Crippen LogP contribution in [0.3, 0.4) is 0 Å². The zero-order chi connectivity index (χ0) is 32.2. The lowest BCUT2D eigenvalue weighted by Gasteiger charge is -2.40. The number of hydrogen-bond acceptors (Lipinski definition) is 7. The minimum atomic E-state index is -0.534. The molecular weight excluding hydrogens is 582 g/mol. The van der Waals surface area contributed by atoms with Crippen molar-refractivity contribution in [1.29, 1.82) is 0 Å². The van der Waals surface area contributed by atoms with Crippen LogP contribution in [-0.4, -0.2) is 36.5 Å². The minimum absolute atomic E-state index is 0.208. The number of hydrogen-bond donors (Lipinski definition) is 3. The highest BCUT2D eigenvalue weighted by Gasteiger charge is 2.46. The quantitative estimate of drug-likeness (QED) is 0.230. The summed E-state index contributed by atoms with van der Waals surface area (Å²) in [5.41, 5.74) is 1.54. The minimum Gasteiger partial charge on any atom is -0.462 e. The third-order valence-electron chi connectivity index (χ3n) is 7.57. The van der Waals surface area contributed by atoms with Crippen LogP contribution < -0.4 is 25.6 Å². The zero-order valence-corrected chi connectivity index (χ0v) is 26.3. The molecule has 2 heterocycles. The molecule has 1 aliphatic rings. The molecule has 11 heteroatoms. The molecule has 0 aliphatic carbocycles. The topological polar surface area (TPSA) is 122 Å². The first-order valence-corrected chi connectivity index (χ1v) is 14.4. The van der Waals surface area contributed by atoms with Gasteiger partial charge in [0.15, 0.2) is 0 Å². The van der Waals surface area contributed by atoms with E-state index in [-0.39, 0.29) is 28.6 Å². The molecule has 1 aliphatic heterocycles. The van der Waals surface area contributed by atoms with E-state index >= 15 is 0 Å². The number of anilines is 2. The van der Waals surface area contributed by atoms with Crippen LogP contribution in [0.4, 0.5) is 16.2 Å². The van der Waals surface area contributed by atoms with Gasteiger partial charge in [-0.1, -0.05) is 45.0 Å². The number of amides is 3. The van der Waals surface area contributed by atoms with Gasteiger partial charge in [-0.05, 0) is 61.7 Å². The number of urea groups is 1. The predicted molar refractivity (Wildman–Crippen MR) is 171 cm³/mol. The second kappa shape index (κ2) is 12.8. The number of rotatable bonds is 8. The Bertz CT molecular complexity index is 1650. The standard InChI is InChI=1S/C33H36ClN5O5/c1-8-43-30(41)21-10-9-11-22(16-21)39-20(2)33(6,32(3,4)5)19-28(39)38-31(42)37-26-13-12-23(17-25(26)34)44-24-14-15-36-27(18-24)29(40)35-7/h9-19H,2,8H2,1,3-7H3,(H,35,40)(H2,37,38,42)/t33-/m0/s1. The van der Waals surface area contributed by atoms with E-state index in [0.717, 1.165) is 5.70 Å². The summed E-state index contributed by atoms with van der Waals surface area (Å²) in [5.74, 6) is 0.500. The fourth-order valence-electron chi connectivity index (χ4n) is 4.62. The summed E-state index contributed by atoms with van der Waals surface area (Å²) < 4.78 is 11.0. The van der Waals surface area contributed by atoms with Crippen LogP contribution in [0.2, 0.25) is 5.02 Å². The third kappa shape index (κ3) is 6.70. The fourth-order valence-corrected chi connectivity index (χ4v) is 4.83. The number of ether oxygens (including phenoxy) is 2. The number of halogens is 1. The molecule has 0 saturated carbocycles. The summed E-state index contributed by atoms with van der Waals surface area (Å²) in [7, 11) is 1.52. The molecule has 0 radical (unpaired) electrons. The van der Waals surface area contributed by atoms with Crippen molar-refractivity contribution in [3.05, 3.63) is 101 Å². The highest BCUT2D eigenvalue weighted by atomic mass is 35.5. The van der Waals surface area contributed by atoms with Crippen molar-refractivity contribution in [2.45, 2.75) is 34.6 Å². The monoisotopic (exact) mass is 617 g/mol. The summed E-state index contributed by atoms with van der Waals surface area (Å²) in [6.07, 6.45) is 3.43. The maximum absolute atomic E-state index is 13.3. The smallest absolute Gasteiger partial charge is 0.338 e. The highest BCUT2D eigenvalue weighted by Crippen LogP contribution is 2.52. The van der Waals surface area contributed by atoms with E-state index in [4.69, 9.17) is 21.1 Å². The largest absolute Gasteiger partial charge is 0.462 e. The van der Waals surface area contributed by atoms with Crippen LogP contribution in [-0.2, 0) is 4.74 Å². The van der Waals surface area contributed by atoms with Crippen molar-refractivity contribution in [2.24, 2.45) is 10.8 Å². The summed E-state index contributed by atoms with van der Waals surface area (Å²) in [5, 5.41) is 8.48. The first-order valence-electron chi connectivity index (χ1n) is 14.0. The van der Waals surface area contributed by atoms with E-state index in [0.29, 0.717) is 34.3 Å². The molecule has 4 rings (SSSR count). The molecule has 3 aromatic rings.